The zero-order chi connectivity index (χ0) is 12.4. The Morgan fingerprint density at radius 2 is 2.28 bits per heavy atom. The topological polar surface area (TPSA) is 56.3 Å². The van der Waals surface area contributed by atoms with Gasteiger partial charge in [-0.3, -0.25) is 0 Å². The molecule has 0 bridgehead atoms. The molecule has 18 heavy (non-hydrogen) atoms. The molecule has 98 valence electrons. The van der Waals surface area contributed by atoms with Crippen LogP contribution in [-0.2, 0) is 4.74 Å². The lowest BCUT2D eigenvalue weighted by molar-refractivity contribution is -0.0206. The van der Waals surface area contributed by atoms with Crippen LogP contribution in [0.25, 0.3) is 0 Å². The summed E-state index contributed by atoms with van der Waals surface area (Å²) in [5.41, 5.74) is 1.10. The van der Waals surface area contributed by atoms with Crippen LogP contribution in [0.2, 0.25) is 0 Å². The Balaban J connectivity index is 1.62. The highest BCUT2D eigenvalue weighted by atomic mass is 16.6. The van der Waals surface area contributed by atoms with Crippen molar-refractivity contribution in [2.75, 3.05) is 19.7 Å². The summed E-state index contributed by atoms with van der Waals surface area (Å²) in [6.45, 7) is 4.73. The van der Waals surface area contributed by atoms with Gasteiger partial charge in [0, 0.05) is 12.5 Å². The van der Waals surface area contributed by atoms with Crippen molar-refractivity contribution in [3.8, 4) is 5.88 Å². The number of aryl methyl sites for hydroxylation is 1. The molecular weight excluding hydrogens is 230 g/mol. The van der Waals surface area contributed by atoms with Crippen molar-refractivity contribution >= 4 is 0 Å². The molecule has 5 nitrogen and oxygen atoms in total. The van der Waals surface area contributed by atoms with Gasteiger partial charge in [0.05, 0.1) is 18.4 Å². The van der Waals surface area contributed by atoms with Crippen LogP contribution in [0.3, 0.4) is 0 Å². The van der Waals surface area contributed by atoms with Crippen molar-refractivity contribution in [3.63, 3.8) is 0 Å². The quantitative estimate of drug-likeness (QED) is 0.850. The van der Waals surface area contributed by atoms with Gasteiger partial charge in [-0.15, -0.1) is 5.10 Å². The molecule has 2 saturated heterocycles. The number of hydrogen-bond acceptors (Lipinski definition) is 5. The lowest BCUT2D eigenvalue weighted by Gasteiger charge is -2.32. The van der Waals surface area contributed by atoms with E-state index in [-0.39, 0.29) is 11.7 Å². The highest BCUT2D eigenvalue weighted by Gasteiger charge is 2.42. The number of nitrogens with one attached hydrogen (secondary N) is 1. The van der Waals surface area contributed by atoms with Gasteiger partial charge in [-0.1, -0.05) is 0 Å². The Morgan fingerprint density at radius 1 is 1.44 bits per heavy atom. The third-order valence-corrected chi connectivity index (χ3v) is 3.75. The molecule has 1 atom stereocenters. The van der Waals surface area contributed by atoms with Gasteiger partial charge in [-0.05, 0) is 38.4 Å². The highest BCUT2D eigenvalue weighted by Crippen LogP contribution is 2.35. The number of hydrogen-bond donors (Lipinski definition) is 1. The molecule has 1 spiro atoms. The van der Waals surface area contributed by atoms with Crippen LogP contribution in [0, 0.1) is 6.92 Å². The van der Waals surface area contributed by atoms with E-state index in [1.54, 1.807) is 6.20 Å². The minimum atomic E-state index is 0.0349. The molecule has 3 heterocycles. The number of ether oxygens (including phenoxy) is 2. The SMILES string of the molecule is Cc1cnnc(OC2COC3(CCNCC3)C2)c1. The van der Waals surface area contributed by atoms with Crippen LogP contribution in [0.4, 0.5) is 0 Å². The zero-order valence-electron chi connectivity index (χ0n) is 10.7. The van der Waals surface area contributed by atoms with Crippen LogP contribution < -0.4 is 10.1 Å². The smallest absolute Gasteiger partial charge is 0.233 e. The first-order chi connectivity index (χ1) is 8.76. The summed E-state index contributed by atoms with van der Waals surface area (Å²) >= 11 is 0. The summed E-state index contributed by atoms with van der Waals surface area (Å²) in [5, 5.41) is 11.3. The maximum Gasteiger partial charge on any atom is 0.233 e. The van der Waals surface area contributed by atoms with E-state index in [1.165, 1.54) is 0 Å². The van der Waals surface area contributed by atoms with Crippen LogP contribution >= 0.6 is 0 Å². The van der Waals surface area contributed by atoms with E-state index >= 15 is 0 Å². The maximum absolute atomic E-state index is 5.98. The fourth-order valence-corrected chi connectivity index (χ4v) is 2.78. The van der Waals surface area contributed by atoms with Gasteiger partial charge in [0.15, 0.2) is 0 Å². The number of aromatic nitrogens is 2. The van der Waals surface area contributed by atoms with E-state index in [9.17, 15) is 0 Å². The zero-order valence-corrected chi connectivity index (χ0v) is 10.7. The van der Waals surface area contributed by atoms with Gasteiger partial charge in [0.2, 0.25) is 5.88 Å². The fourth-order valence-electron chi connectivity index (χ4n) is 2.78. The first-order valence-electron chi connectivity index (χ1n) is 6.56. The predicted octanol–water partition coefficient (Wildman–Crippen LogP) is 1.07. The fraction of sp³-hybridized carbons (Fsp3) is 0.692. The second-order valence-electron chi connectivity index (χ2n) is 5.26. The Labute approximate surface area is 107 Å². The molecule has 1 N–H and O–H groups in total. The molecule has 0 aliphatic carbocycles. The minimum absolute atomic E-state index is 0.0349. The molecule has 1 unspecified atom stereocenters. The van der Waals surface area contributed by atoms with Crippen molar-refractivity contribution in [2.24, 2.45) is 0 Å². The Hall–Kier alpha value is -1.20. The van der Waals surface area contributed by atoms with Crippen LogP contribution in [-0.4, -0.2) is 41.6 Å². The summed E-state index contributed by atoms with van der Waals surface area (Å²) in [7, 11) is 0. The number of rotatable bonds is 2. The second kappa shape index (κ2) is 4.82. The van der Waals surface area contributed by atoms with Gasteiger partial charge >= 0.3 is 0 Å². The van der Waals surface area contributed by atoms with Crippen LogP contribution in [0.15, 0.2) is 12.3 Å². The molecule has 2 fully saturated rings. The highest BCUT2D eigenvalue weighted by molar-refractivity contribution is 5.15. The number of nitrogens with zero attached hydrogens (tertiary/aromatic N) is 2. The summed E-state index contributed by atoms with van der Waals surface area (Å²) in [4.78, 5) is 0. The maximum atomic E-state index is 5.98. The normalized spacial score (nSPS) is 26.4. The standard InChI is InChI=1S/C13H19N3O2/c1-10-6-12(16-15-8-10)18-11-7-13(17-9-11)2-4-14-5-3-13/h6,8,11,14H,2-5,7,9H2,1H3. The van der Waals surface area contributed by atoms with E-state index in [2.05, 4.69) is 15.5 Å². The predicted molar refractivity (Wildman–Crippen MR) is 66.6 cm³/mol. The molecular formula is C13H19N3O2. The molecule has 2 aliphatic heterocycles. The largest absolute Gasteiger partial charge is 0.471 e. The molecule has 0 aromatic carbocycles. The monoisotopic (exact) mass is 249 g/mol. The van der Waals surface area contributed by atoms with Gasteiger partial charge in [-0.2, -0.15) is 5.10 Å². The van der Waals surface area contributed by atoms with Gasteiger partial charge in [0.1, 0.15) is 6.10 Å². The first-order valence-corrected chi connectivity index (χ1v) is 6.56. The lowest BCUT2D eigenvalue weighted by Crippen LogP contribution is -2.41. The molecule has 0 radical (unpaired) electrons. The van der Waals surface area contributed by atoms with E-state index in [0.717, 1.165) is 37.9 Å². The summed E-state index contributed by atoms with van der Waals surface area (Å²) < 4.78 is 11.8. The lowest BCUT2D eigenvalue weighted by atomic mass is 9.89. The van der Waals surface area contributed by atoms with E-state index in [1.807, 2.05) is 13.0 Å². The van der Waals surface area contributed by atoms with Crippen LogP contribution in [0.5, 0.6) is 5.88 Å². The first kappa shape index (κ1) is 11.9. The average molecular weight is 249 g/mol. The molecule has 0 saturated carbocycles. The minimum Gasteiger partial charge on any atom is -0.471 e. The molecule has 0 amide bonds. The van der Waals surface area contributed by atoms with Gasteiger partial charge in [-0.25, -0.2) is 0 Å². The van der Waals surface area contributed by atoms with Crippen molar-refractivity contribution in [1.82, 2.24) is 15.5 Å². The van der Waals surface area contributed by atoms with Crippen molar-refractivity contribution in [3.05, 3.63) is 17.8 Å². The van der Waals surface area contributed by atoms with Gasteiger partial charge in [0.25, 0.3) is 0 Å². The molecule has 1 aromatic rings. The summed E-state index contributed by atoms with van der Waals surface area (Å²) in [5.74, 6) is 0.606. The third kappa shape index (κ3) is 2.47. The molecule has 2 aliphatic rings. The van der Waals surface area contributed by atoms with Gasteiger partial charge < -0.3 is 14.8 Å². The van der Waals surface area contributed by atoms with E-state index in [4.69, 9.17) is 9.47 Å². The third-order valence-electron chi connectivity index (χ3n) is 3.75. The van der Waals surface area contributed by atoms with E-state index in [0.29, 0.717) is 12.5 Å². The van der Waals surface area contributed by atoms with Crippen LogP contribution in [0.1, 0.15) is 24.8 Å². The summed E-state index contributed by atoms with van der Waals surface area (Å²) in [6.07, 6.45) is 4.95. The Morgan fingerprint density at radius 3 is 3.06 bits per heavy atom. The van der Waals surface area contributed by atoms with Crippen molar-refractivity contribution in [1.29, 1.82) is 0 Å². The van der Waals surface area contributed by atoms with Crippen molar-refractivity contribution in [2.45, 2.75) is 37.9 Å². The average Bonchev–Trinajstić information content (AvgIpc) is 2.73. The Kier molecular flexibility index (Phi) is 3.18. The molecule has 1 aromatic heterocycles. The second-order valence-corrected chi connectivity index (χ2v) is 5.26. The Bertz CT molecular complexity index is 418. The molecule has 3 rings (SSSR count). The summed E-state index contributed by atoms with van der Waals surface area (Å²) in [6, 6.07) is 1.92. The van der Waals surface area contributed by atoms with E-state index < -0.39 is 0 Å². The number of piperidine rings is 1. The van der Waals surface area contributed by atoms with Crippen molar-refractivity contribution < 1.29 is 9.47 Å². The molecule has 5 heteroatoms.